The van der Waals surface area contributed by atoms with Crippen LogP contribution in [0.15, 0.2) is 46.3 Å². The fourth-order valence-corrected chi connectivity index (χ4v) is 3.24. The van der Waals surface area contributed by atoms with E-state index >= 15 is 0 Å². The Morgan fingerprint density at radius 3 is 2.46 bits per heavy atom. The van der Waals surface area contributed by atoms with Gasteiger partial charge in [0.2, 0.25) is 5.95 Å². The van der Waals surface area contributed by atoms with E-state index in [2.05, 4.69) is 15.1 Å². The average Bonchev–Trinajstić information content (AvgIpc) is 2.62. The van der Waals surface area contributed by atoms with Gasteiger partial charge in [-0.3, -0.25) is 4.79 Å². The lowest BCUT2D eigenvalue weighted by Gasteiger charge is -2.15. The van der Waals surface area contributed by atoms with Gasteiger partial charge in [-0.25, -0.2) is 19.0 Å². The first-order valence-corrected chi connectivity index (χ1v) is 9.20. The normalized spacial score (nSPS) is 11.1. The predicted octanol–water partition coefficient (Wildman–Crippen LogP) is 3.39. The number of nitrogens with two attached hydrogens (primary N) is 1. The Bertz CT molecular complexity index is 1000. The highest BCUT2D eigenvalue weighted by molar-refractivity contribution is 7.98. The Balaban J connectivity index is 2.35. The van der Waals surface area contributed by atoms with Crippen molar-refractivity contribution in [2.75, 3.05) is 12.0 Å². The molecule has 0 aliphatic carbocycles. The minimum atomic E-state index is -0.353. The van der Waals surface area contributed by atoms with Crippen LogP contribution in [0.4, 0.5) is 10.3 Å². The molecule has 0 radical (unpaired) electrons. The highest BCUT2D eigenvalue weighted by Crippen LogP contribution is 2.35. The van der Waals surface area contributed by atoms with E-state index in [1.165, 1.54) is 28.6 Å². The van der Waals surface area contributed by atoms with Crippen LogP contribution in [0.5, 0.6) is 0 Å². The van der Waals surface area contributed by atoms with Crippen molar-refractivity contribution in [2.24, 2.45) is 0 Å². The summed E-state index contributed by atoms with van der Waals surface area (Å²) in [7, 11) is 0. The SMILES string of the molecule is CSc1nc(N)nc(-c2ccc(F)cc2)c1-c1ccnn(C(C)C)c1=O. The van der Waals surface area contributed by atoms with Gasteiger partial charge in [-0.2, -0.15) is 5.10 Å². The second-order valence-corrected chi connectivity index (χ2v) is 6.70. The Morgan fingerprint density at radius 1 is 1.15 bits per heavy atom. The minimum Gasteiger partial charge on any atom is -0.368 e. The Labute approximate surface area is 154 Å². The van der Waals surface area contributed by atoms with E-state index in [0.29, 0.717) is 27.4 Å². The summed E-state index contributed by atoms with van der Waals surface area (Å²) in [6, 6.07) is 7.44. The van der Waals surface area contributed by atoms with E-state index in [0.717, 1.165) is 0 Å². The molecule has 0 unspecified atom stereocenters. The second-order valence-electron chi connectivity index (χ2n) is 5.91. The molecule has 2 aromatic heterocycles. The topological polar surface area (TPSA) is 86.7 Å². The summed E-state index contributed by atoms with van der Waals surface area (Å²) >= 11 is 1.37. The molecule has 134 valence electrons. The molecule has 3 aromatic rings. The molecule has 26 heavy (non-hydrogen) atoms. The van der Waals surface area contributed by atoms with Crippen molar-refractivity contribution in [3.63, 3.8) is 0 Å². The number of hydrogen-bond donors (Lipinski definition) is 1. The van der Waals surface area contributed by atoms with Gasteiger partial charge in [-0.05, 0) is 50.4 Å². The molecule has 0 aliphatic rings. The van der Waals surface area contributed by atoms with E-state index in [4.69, 9.17) is 5.73 Å². The van der Waals surface area contributed by atoms with Crippen LogP contribution in [-0.4, -0.2) is 26.0 Å². The monoisotopic (exact) mass is 371 g/mol. The van der Waals surface area contributed by atoms with Gasteiger partial charge >= 0.3 is 0 Å². The molecule has 0 spiro atoms. The Hall–Kier alpha value is -2.74. The summed E-state index contributed by atoms with van der Waals surface area (Å²) in [4.78, 5) is 21.6. The number of aromatic nitrogens is 4. The zero-order chi connectivity index (χ0) is 18.8. The summed E-state index contributed by atoms with van der Waals surface area (Å²) in [5.41, 5.74) is 7.75. The lowest BCUT2D eigenvalue weighted by atomic mass is 10.0. The van der Waals surface area contributed by atoms with Crippen molar-refractivity contribution in [1.82, 2.24) is 19.7 Å². The molecule has 0 saturated heterocycles. The van der Waals surface area contributed by atoms with E-state index in [9.17, 15) is 9.18 Å². The van der Waals surface area contributed by atoms with E-state index in [-0.39, 0.29) is 23.4 Å². The van der Waals surface area contributed by atoms with Gasteiger partial charge < -0.3 is 5.73 Å². The number of benzene rings is 1. The van der Waals surface area contributed by atoms with Crippen molar-refractivity contribution in [3.05, 3.63) is 52.7 Å². The number of thioether (sulfide) groups is 1. The third kappa shape index (κ3) is 3.32. The van der Waals surface area contributed by atoms with Gasteiger partial charge in [0, 0.05) is 17.3 Å². The first-order chi connectivity index (χ1) is 12.4. The van der Waals surface area contributed by atoms with Crippen LogP contribution < -0.4 is 11.3 Å². The first kappa shape index (κ1) is 18.1. The van der Waals surface area contributed by atoms with Crippen LogP contribution >= 0.6 is 11.8 Å². The maximum atomic E-state index is 13.3. The molecule has 8 heteroatoms. The number of anilines is 1. The standard InChI is InChI=1S/C18H18FN5OS/c1-10(2)24-17(25)13(8-9-21-24)14-15(11-4-6-12(19)7-5-11)22-18(20)23-16(14)26-3/h4-10H,1-3H3,(H2,20,22,23). The summed E-state index contributed by atoms with van der Waals surface area (Å²) < 4.78 is 14.7. The van der Waals surface area contributed by atoms with E-state index in [1.807, 2.05) is 20.1 Å². The molecule has 0 saturated carbocycles. The van der Waals surface area contributed by atoms with Gasteiger partial charge in [0.05, 0.1) is 17.3 Å². The van der Waals surface area contributed by atoms with Crippen molar-refractivity contribution in [2.45, 2.75) is 24.9 Å². The third-order valence-electron chi connectivity index (χ3n) is 3.83. The molecule has 6 nitrogen and oxygen atoms in total. The van der Waals surface area contributed by atoms with Crippen LogP contribution in [0.2, 0.25) is 0 Å². The van der Waals surface area contributed by atoms with E-state index in [1.54, 1.807) is 24.4 Å². The van der Waals surface area contributed by atoms with Crippen molar-refractivity contribution < 1.29 is 4.39 Å². The van der Waals surface area contributed by atoms with Gasteiger partial charge in [0.15, 0.2) is 0 Å². The number of halogens is 1. The molecular weight excluding hydrogens is 353 g/mol. The predicted molar refractivity (Wildman–Crippen MR) is 101 cm³/mol. The smallest absolute Gasteiger partial charge is 0.275 e. The van der Waals surface area contributed by atoms with E-state index < -0.39 is 0 Å². The second kappa shape index (κ2) is 7.25. The van der Waals surface area contributed by atoms with Crippen LogP contribution in [0.1, 0.15) is 19.9 Å². The highest BCUT2D eigenvalue weighted by Gasteiger charge is 2.20. The zero-order valence-electron chi connectivity index (χ0n) is 14.6. The summed E-state index contributed by atoms with van der Waals surface area (Å²) in [5.74, 6) is -0.260. The summed E-state index contributed by atoms with van der Waals surface area (Å²) in [5, 5.41) is 4.71. The number of rotatable bonds is 4. The van der Waals surface area contributed by atoms with Crippen LogP contribution in [0.25, 0.3) is 22.4 Å². The van der Waals surface area contributed by atoms with Crippen molar-refractivity contribution >= 4 is 17.7 Å². The van der Waals surface area contributed by atoms with Gasteiger partial charge in [-0.1, -0.05) is 0 Å². The largest absolute Gasteiger partial charge is 0.368 e. The highest BCUT2D eigenvalue weighted by atomic mass is 32.2. The quantitative estimate of drug-likeness (QED) is 0.559. The average molecular weight is 371 g/mol. The molecule has 0 bridgehead atoms. The lowest BCUT2D eigenvalue weighted by Crippen LogP contribution is -2.26. The molecule has 1 aromatic carbocycles. The fraction of sp³-hybridized carbons (Fsp3) is 0.222. The molecule has 0 atom stereocenters. The lowest BCUT2D eigenvalue weighted by molar-refractivity contribution is 0.503. The zero-order valence-corrected chi connectivity index (χ0v) is 15.4. The molecular formula is C18H18FN5OS. The molecule has 2 heterocycles. The molecule has 0 fully saturated rings. The fourth-order valence-electron chi connectivity index (χ4n) is 2.65. The van der Waals surface area contributed by atoms with Crippen molar-refractivity contribution in [1.29, 1.82) is 0 Å². The van der Waals surface area contributed by atoms with Crippen LogP contribution in [0, 0.1) is 5.82 Å². The summed E-state index contributed by atoms with van der Waals surface area (Å²) in [6.07, 6.45) is 3.42. The molecule has 2 N–H and O–H groups in total. The Kier molecular flexibility index (Phi) is 5.03. The number of nitrogens with zero attached hydrogens (tertiary/aromatic N) is 4. The first-order valence-electron chi connectivity index (χ1n) is 7.98. The molecule has 0 aliphatic heterocycles. The maximum Gasteiger partial charge on any atom is 0.275 e. The number of nitrogen functional groups attached to an aromatic ring is 1. The van der Waals surface area contributed by atoms with Gasteiger partial charge in [-0.15, -0.1) is 11.8 Å². The van der Waals surface area contributed by atoms with Gasteiger partial charge in [0.25, 0.3) is 5.56 Å². The number of hydrogen-bond acceptors (Lipinski definition) is 6. The summed E-state index contributed by atoms with van der Waals surface area (Å²) in [6.45, 7) is 3.77. The van der Waals surface area contributed by atoms with Crippen LogP contribution in [-0.2, 0) is 0 Å². The maximum absolute atomic E-state index is 13.3. The molecule has 0 amide bonds. The van der Waals surface area contributed by atoms with Crippen molar-refractivity contribution in [3.8, 4) is 22.4 Å². The van der Waals surface area contributed by atoms with Crippen LogP contribution in [0.3, 0.4) is 0 Å². The molecule has 3 rings (SSSR count). The van der Waals surface area contributed by atoms with Gasteiger partial charge in [0.1, 0.15) is 10.8 Å². The third-order valence-corrected chi connectivity index (χ3v) is 4.52. The minimum absolute atomic E-state index is 0.0932. The Morgan fingerprint density at radius 2 is 1.85 bits per heavy atom.